The van der Waals surface area contributed by atoms with Gasteiger partial charge in [0, 0.05) is 17.5 Å². The third kappa shape index (κ3) is 3.79. The number of fused-ring (bicyclic) bond motifs is 1. The molecule has 0 aliphatic carbocycles. The Morgan fingerprint density at radius 1 is 0.968 bits per heavy atom. The fourth-order valence-corrected chi connectivity index (χ4v) is 6.22. The first-order valence-corrected chi connectivity index (χ1v) is 11.5. The van der Waals surface area contributed by atoms with Crippen molar-refractivity contribution in [1.82, 2.24) is 0 Å². The number of carbonyl (C=O) groups is 2. The van der Waals surface area contributed by atoms with Gasteiger partial charge in [-0.1, -0.05) is 48.5 Å². The molecule has 0 radical (unpaired) electrons. The predicted octanol–water partition coefficient (Wildman–Crippen LogP) is 4.15. The molecule has 1 heterocycles. The van der Waals surface area contributed by atoms with E-state index in [1.165, 1.54) is 19.1 Å². The molecule has 1 aliphatic rings. The van der Waals surface area contributed by atoms with E-state index in [4.69, 9.17) is 4.74 Å². The Kier molecular flexibility index (Phi) is 5.50. The average Bonchev–Trinajstić information content (AvgIpc) is 2.92. The molecule has 1 atom stereocenters. The largest absolute Gasteiger partial charge is 0.485 e. The molecule has 31 heavy (non-hydrogen) atoms. The lowest BCUT2D eigenvalue weighted by molar-refractivity contribution is -0.121. The van der Waals surface area contributed by atoms with Crippen LogP contribution in [0.3, 0.4) is 0 Å². The number of ketones is 2. The first-order chi connectivity index (χ1) is 14.8. The van der Waals surface area contributed by atoms with Gasteiger partial charge in [0.2, 0.25) is 0 Å². The van der Waals surface area contributed by atoms with E-state index in [1.807, 2.05) is 30.3 Å². The van der Waals surface area contributed by atoms with Gasteiger partial charge in [-0.25, -0.2) is 8.42 Å². The third-order valence-electron chi connectivity index (χ3n) is 5.65. The van der Waals surface area contributed by atoms with E-state index in [1.54, 1.807) is 36.4 Å². The highest BCUT2D eigenvalue weighted by atomic mass is 32.2. The molecule has 6 heteroatoms. The number of Topliss-reactive ketones (excluding diaryl/α,β-unsaturated/α-hetero) is 2. The lowest BCUT2D eigenvalue weighted by atomic mass is 9.85. The second-order valence-corrected chi connectivity index (χ2v) is 10.0. The minimum absolute atomic E-state index is 0.0779. The van der Waals surface area contributed by atoms with Gasteiger partial charge in [0.15, 0.2) is 21.4 Å². The molecule has 0 saturated heterocycles. The highest BCUT2D eigenvalue weighted by Gasteiger charge is 2.50. The smallest absolute Gasteiger partial charge is 0.189 e. The van der Waals surface area contributed by atoms with Crippen molar-refractivity contribution in [3.05, 3.63) is 95.6 Å². The van der Waals surface area contributed by atoms with Crippen molar-refractivity contribution < 1.29 is 22.7 Å². The van der Waals surface area contributed by atoms with Crippen LogP contribution in [0, 0.1) is 0 Å². The maximum Gasteiger partial charge on any atom is 0.189 e. The van der Waals surface area contributed by atoms with E-state index in [-0.39, 0.29) is 35.9 Å². The van der Waals surface area contributed by atoms with E-state index < -0.39 is 14.6 Å². The summed E-state index contributed by atoms with van der Waals surface area (Å²) >= 11 is 0. The fraction of sp³-hybridized carbons (Fsp3) is 0.200. The zero-order chi connectivity index (χ0) is 22.1. The van der Waals surface area contributed by atoms with E-state index >= 15 is 0 Å². The lowest BCUT2D eigenvalue weighted by Gasteiger charge is -2.33. The summed E-state index contributed by atoms with van der Waals surface area (Å²) in [6.45, 7) is 1.21. The molecule has 1 aliphatic heterocycles. The van der Waals surface area contributed by atoms with Crippen molar-refractivity contribution in [2.24, 2.45) is 0 Å². The normalized spacial score (nSPS) is 18.5. The molecule has 0 N–H and O–H groups in total. The number of hydrogen-bond acceptors (Lipinski definition) is 5. The van der Waals surface area contributed by atoms with Crippen LogP contribution in [0.25, 0.3) is 0 Å². The van der Waals surface area contributed by atoms with Crippen molar-refractivity contribution in [2.75, 3.05) is 6.61 Å². The van der Waals surface area contributed by atoms with Crippen LogP contribution in [-0.2, 0) is 25.8 Å². The Labute approximate surface area is 181 Å². The second kappa shape index (κ2) is 8.12. The van der Waals surface area contributed by atoms with Crippen LogP contribution in [0.1, 0.15) is 34.8 Å². The van der Waals surface area contributed by atoms with Gasteiger partial charge in [-0.15, -0.1) is 0 Å². The van der Waals surface area contributed by atoms with Crippen molar-refractivity contribution in [3.63, 3.8) is 0 Å². The molecule has 3 aromatic rings. The molecule has 3 aromatic carbocycles. The second-order valence-electron chi connectivity index (χ2n) is 7.74. The summed E-state index contributed by atoms with van der Waals surface area (Å²) in [6.07, 6.45) is -0.165. The Morgan fingerprint density at radius 2 is 1.61 bits per heavy atom. The minimum Gasteiger partial charge on any atom is -0.485 e. The summed E-state index contributed by atoms with van der Waals surface area (Å²) in [7, 11) is -4.05. The maximum absolute atomic E-state index is 14.2. The topological polar surface area (TPSA) is 77.5 Å². The standard InChI is InChI=1S/C25H22O5S/c1-18(26)20-12-13-24-23(14-20)25(16-21(27)17-30-24,15-19-8-4-2-5-9-19)31(28,29)22-10-6-3-7-11-22/h2-14H,15-17H2,1H3. The molecular weight excluding hydrogens is 412 g/mol. The number of rotatable bonds is 5. The van der Waals surface area contributed by atoms with Crippen LogP contribution in [0.5, 0.6) is 5.75 Å². The minimum atomic E-state index is -4.05. The van der Waals surface area contributed by atoms with Crippen LogP contribution in [-0.4, -0.2) is 26.6 Å². The number of hydrogen-bond donors (Lipinski definition) is 0. The van der Waals surface area contributed by atoms with E-state index in [2.05, 4.69) is 0 Å². The van der Waals surface area contributed by atoms with Crippen molar-refractivity contribution in [2.45, 2.75) is 29.4 Å². The van der Waals surface area contributed by atoms with Gasteiger partial charge < -0.3 is 4.74 Å². The van der Waals surface area contributed by atoms with Gasteiger partial charge in [0.1, 0.15) is 17.1 Å². The first-order valence-electron chi connectivity index (χ1n) is 9.97. The number of benzene rings is 3. The molecule has 5 nitrogen and oxygen atoms in total. The van der Waals surface area contributed by atoms with Crippen LogP contribution >= 0.6 is 0 Å². The molecule has 0 saturated carbocycles. The van der Waals surface area contributed by atoms with Crippen LogP contribution < -0.4 is 4.74 Å². The zero-order valence-corrected chi connectivity index (χ0v) is 17.9. The van der Waals surface area contributed by atoms with E-state index in [0.717, 1.165) is 5.56 Å². The molecule has 0 fully saturated rings. The summed E-state index contributed by atoms with van der Waals surface area (Å²) < 4.78 is 32.4. The molecule has 0 spiro atoms. The summed E-state index contributed by atoms with van der Waals surface area (Å²) in [4.78, 5) is 25.0. The van der Waals surface area contributed by atoms with Gasteiger partial charge in [0.05, 0.1) is 4.90 Å². The Balaban J connectivity index is 2.05. The highest BCUT2D eigenvalue weighted by Crippen LogP contribution is 2.47. The summed E-state index contributed by atoms with van der Waals surface area (Å²) in [5.74, 6) is -0.189. The van der Waals surface area contributed by atoms with Crippen LogP contribution in [0.15, 0.2) is 83.8 Å². The first kappa shape index (κ1) is 21.0. The Bertz CT molecular complexity index is 1230. The van der Waals surface area contributed by atoms with Gasteiger partial charge in [0.25, 0.3) is 0 Å². The molecule has 0 bridgehead atoms. The lowest BCUT2D eigenvalue weighted by Crippen LogP contribution is -2.40. The van der Waals surface area contributed by atoms with Gasteiger partial charge in [-0.05, 0) is 49.2 Å². The monoisotopic (exact) mass is 434 g/mol. The van der Waals surface area contributed by atoms with Gasteiger partial charge in [-0.2, -0.15) is 0 Å². The SMILES string of the molecule is CC(=O)c1ccc2c(c1)C(Cc1ccccc1)(S(=O)(=O)c1ccccc1)CC(=O)CO2. The molecule has 158 valence electrons. The molecule has 1 unspecified atom stereocenters. The van der Waals surface area contributed by atoms with Crippen LogP contribution in [0.2, 0.25) is 0 Å². The van der Waals surface area contributed by atoms with Gasteiger partial charge in [-0.3, -0.25) is 9.59 Å². The number of sulfone groups is 1. The quantitative estimate of drug-likeness (QED) is 0.564. The molecule has 4 rings (SSSR count). The predicted molar refractivity (Wildman–Crippen MR) is 117 cm³/mol. The van der Waals surface area contributed by atoms with Crippen molar-refractivity contribution in [3.8, 4) is 5.75 Å². The molecule has 0 amide bonds. The van der Waals surface area contributed by atoms with E-state index in [9.17, 15) is 18.0 Å². The Hall–Kier alpha value is -3.25. The van der Waals surface area contributed by atoms with Crippen molar-refractivity contribution in [1.29, 1.82) is 0 Å². The summed E-state index contributed by atoms with van der Waals surface area (Å²) in [5.41, 5.74) is 1.49. The molecular formula is C25H22O5S. The molecule has 0 aromatic heterocycles. The zero-order valence-electron chi connectivity index (χ0n) is 17.1. The summed E-state index contributed by atoms with van der Waals surface area (Å²) in [5, 5.41) is 0. The number of carbonyl (C=O) groups excluding carboxylic acids is 2. The average molecular weight is 435 g/mol. The van der Waals surface area contributed by atoms with Crippen LogP contribution in [0.4, 0.5) is 0 Å². The van der Waals surface area contributed by atoms with Crippen molar-refractivity contribution >= 4 is 21.4 Å². The highest BCUT2D eigenvalue weighted by molar-refractivity contribution is 7.92. The number of ether oxygens (including phenoxy) is 1. The maximum atomic E-state index is 14.2. The Morgan fingerprint density at radius 3 is 2.26 bits per heavy atom. The van der Waals surface area contributed by atoms with E-state index in [0.29, 0.717) is 16.9 Å². The summed E-state index contributed by atoms with van der Waals surface area (Å²) in [6, 6.07) is 22.1. The third-order valence-corrected chi connectivity index (χ3v) is 8.08. The van der Waals surface area contributed by atoms with Gasteiger partial charge >= 0.3 is 0 Å². The fourth-order valence-electron chi connectivity index (χ4n) is 4.10.